The van der Waals surface area contributed by atoms with Crippen molar-refractivity contribution < 1.29 is 31.9 Å². The Morgan fingerprint density at radius 3 is 2.48 bits per heavy atom. The van der Waals surface area contributed by atoms with E-state index in [1.807, 2.05) is 0 Å². The van der Waals surface area contributed by atoms with E-state index in [0.717, 1.165) is 18.2 Å². The van der Waals surface area contributed by atoms with Crippen LogP contribution in [0, 0.1) is 0 Å². The van der Waals surface area contributed by atoms with Crippen LogP contribution in [0.3, 0.4) is 0 Å². The number of esters is 1. The first-order valence-corrected chi connectivity index (χ1v) is 8.54. The lowest BCUT2D eigenvalue weighted by atomic mass is 10.1. The number of hydrogen-bond acceptors (Lipinski definition) is 4. The topological polar surface area (TPSA) is 68.5 Å². The number of anilines is 1. The van der Waals surface area contributed by atoms with Crippen molar-refractivity contribution >= 4 is 29.2 Å². The monoisotopic (exact) mass is 423 g/mol. The van der Waals surface area contributed by atoms with Gasteiger partial charge in [0.05, 0.1) is 28.9 Å². The Balaban J connectivity index is 1.88. The molecular weight excluding hydrogens is 411 g/mol. The van der Waals surface area contributed by atoms with E-state index < -0.39 is 23.6 Å². The van der Waals surface area contributed by atoms with Gasteiger partial charge in [-0.3, -0.25) is 4.79 Å². The third-order valence-corrected chi connectivity index (χ3v) is 4.30. The zero-order valence-corrected chi connectivity index (χ0v) is 15.6. The van der Waals surface area contributed by atoms with Crippen LogP contribution in [0.1, 0.15) is 26.5 Å². The second-order valence-electron chi connectivity index (χ2n) is 5.85. The number of carbonyl (C=O) groups is 2. The van der Waals surface area contributed by atoms with Crippen LogP contribution in [0.4, 0.5) is 18.9 Å². The number of carbonyl (C=O) groups excluding carboxylic acids is 2. The predicted octanol–water partition coefficient (Wildman–Crippen LogP) is 5.66. The highest BCUT2D eigenvalue weighted by Gasteiger charge is 2.31. The molecule has 1 N–H and O–H groups in total. The van der Waals surface area contributed by atoms with Crippen molar-refractivity contribution in [1.29, 1.82) is 0 Å². The normalized spacial score (nSPS) is 11.2. The van der Waals surface area contributed by atoms with Gasteiger partial charge in [-0.1, -0.05) is 23.7 Å². The second-order valence-corrected chi connectivity index (χ2v) is 6.25. The number of furan rings is 1. The van der Waals surface area contributed by atoms with Gasteiger partial charge in [-0.05, 0) is 42.5 Å². The van der Waals surface area contributed by atoms with Gasteiger partial charge in [-0.25, -0.2) is 4.79 Å². The Labute approximate surface area is 168 Å². The molecule has 3 aromatic rings. The molecule has 9 heteroatoms. The van der Waals surface area contributed by atoms with Crippen molar-refractivity contribution in [2.24, 2.45) is 0 Å². The summed E-state index contributed by atoms with van der Waals surface area (Å²) in [7, 11) is 1.21. The molecule has 0 aliphatic rings. The number of halogens is 4. The Kier molecular flexibility index (Phi) is 5.65. The number of para-hydroxylation sites is 1. The van der Waals surface area contributed by atoms with Gasteiger partial charge in [0.2, 0.25) is 0 Å². The highest BCUT2D eigenvalue weighted by atomic mass is 35.5. The largest absolute Gasteiger partial charge is 0.465 e. The van der Waals surface area contributed by atoms with Gasteiger partial charge in [-0.2, -0.15) is 13.2 Å². The lowest BCUT2D eigenvalue weighted by Crippen LogP contribution is -2.14. The summed E-state index contributed by atoms with van der Waals surface area (Å²) in [6, 6.07) is 11.6. The fourth-order valence-electron chi connectivity index (χ4n) is 2.56. The van der Waals surface area contributed by atoms with Crippen LogP contribution in [0.5, 0.6) is 0 Å². The summed E-state index contributed by atoms with van der Waals surface area (Å²) in [5, 5.41) is 2.55. The third kappa shape index (κ3) is 4.43. The van der Waals surface area contributed by atoms with Crippen molar-refractivity contribution in [2.75, 3.05) is 12.4 Å². The van der Waals surface area contributed by atoms with Crippen molar-refractivity contribution in [2.45, 2.75) is 6.18 Å². The third-order valence-electron chi connectivity index (χ3n) is 3.97. The highest BCUT2D eigenvalue weighted by molar-refractivity contribution is 6.33. The quantitative estimate of drug-likeness (QED) is 0.550. The van der Waals surface area contributed by atoms with Crippen LogP contribution in [-0.4, -0.2) is 19.0 Å². The summed E-state index contributed by atoms with van der Waals surface area (Å²) in [6.07, 6.45) is -4.55. The molecule has 0 fully saturated rings. The van der Waals surface area contributed by atoms with E-state index in [9.17, 15) is 22.8 Å². The van der Waals surface area contributed by atoms with Crippen LogP contribution in [0.15, 0.2) is 59.0 Å². The van der Waals surface area contributed by atoms with Gasteiger partial charge >= 0.3 is 12.1 Å². The Bertz CT molecular complexity index is 1080. The zero-order valence-electron chi connectivity index (χ0n) is 14.8. The molecule has 0 spiro atoms. The molecule has 1 heterocycles. The fraction of sp³-hybridized carbons (Fsp3) is 0.100. The average molecular weight is 424 g/mol. The number of benzene rings is 2. The van der Waals surface area contributed by atoms with Gasteiger partial charge < -0.3 is 14.5 Å². The lowest BCUT2D eigenvalue weighted by Gasteiger charge is -2.09. The van der Waals surface area contributed by atoms with Gasteiger partial charge in [-0.15, -0.1) is 0 Å². The van der Waals surface area contributed by atoms with E-state index in [-0.39, 0.29) is 33.4 Å². The SMILES string of the molecule is COC(=O)c1ccccc1NC(=O)c1ccc(-c2cc(C(F)(F)F)ccc2Cl)o1. The van der Waals surface area contributed by atoms with Crippen LogP contribution in [-0.2, 0) is 10.9 Å². The first-order chi connectivity index (χ1) is 13.7. The summed E-state index contributed by atoms with van der Waals surface area (Å²) in [6.45, 7) is 0. The first-order valence-electron chi connectivity index (χ1n) is 8.16. The maximum atomic E-state index is 12.9. The van der Waals surface area contributed by atoms with E-state index in [1.165, 1.54) is 31.4 Å². The zero-order chi connectivity index (χ0) is 21.2. The van der Waals surface area contributed by atoms with E-state index >= 15 is 0 Å². The molecule has 0 saturated heterocycles. The molecule has 3 rings (SSSR count). The molecule has 0 atom stereocenters. The second kappa shape index (κ2) is 8.00. The molecule has 0 aliphatic carbocycles. The molecule has 1 aromatic heterocycles. The molecule has 0 aliphatic heterocycles. The van der Waals surface area contributed by atoms with E-state index in [0.29, 0.717) is 0 Å². The van der Waals surface area contributed by atoms with Crippen molar-refractivity contribution in [3.63, 3.8) is 0 Å². The predicted molar refractivity (Wildman–Crippen MR) is 99.9 cm³/mol. The molecular formula is C20H13ClF3NO4. The number of nitrogens with one attached hydrogen (secondary N) is 1. The van der Waals surface area contributed by atoms with Crippen LogP contribution < -0.4 is 5.32 Å². The van der Waals surface area contributed by atoms with E-state index in [4.69, 9.17) is 16.0 Å². The van der Waals surface area contributed by atoms with Crippen LogP contribution >= 0.6 is 11.6 Å². The number of alkyl halides is 3. The number of rotatable bonds is 4. The van der Waals surface area contributed by atoms with E-state index in [2.05, 4.69) is 10.1 Å². The number of amides is 1. The van der Waals surface area contributed by atoms with Gasteiger partial charge in [0.1, 0.15) is 5.76 Å². The van der Waals surface area contributed by atoms with Crippen LogP contribution in [0.2, 0.25) is 5.02 Å². The maximum Gasteiger partial charge on any atom is 0.416 e. The molecule has 0 saturated carbocycles. The number of hydrogen-bond donors (Lipinski definition) is 1. The Morgan fingerprint density at radius 2 is 1.79 bits per heavy atom. The first kappa shape index (κ1) is 20.5. The molecule has 5 nitrogen and oxygen atoms in total. The van der Waals surface area contributed by atoms with Crippen molar-refractivity contribution in [1.82, 2.24) is 0 Å². The standard InChI is InChI=1S/C20H13ClF3NO4/c1-28-19(27)12-4-2-3-5-15(12)25-18(26)17-9-8-16(29-17)13-10-11(20(22,23)24)6-7-14(13)21/h2-10H,1H3,(H,25,26). The molecule has 0 bridgehead atoms. The summed E-state index contributed by atoms with van der Waals surface area (Å²) in [5.41, 5.74) is -0.572. The molecule has 0 unspecified atom stereocenters. The van der Waals surface area contributed by atoms with Crippen molar-refractivity contribution in [3.8, 4) is 11.3 Å². The molecule has 2 aromatic carbocycles. The smallest absolute Gasteiger partial charge is 0.416 e. The Hall–Kier alpha value is -3.26. The van der Waals surface area contributed by atoms with Gasteiger partial charge in [0.15, 0.2) is 5.76 Å². The number of methoxy groups -OCH3 is 1. The van der Waals surface area contributed by atoms with Crippen LogP contribution in [0.25, 0.3) is 11.3 Å². The molecule has 29 heavy (non-hydrogen) atoms. The summed E-state index contributed by atoms with van der Waals surface area (Å²) in [5.74, 6) is -1.52. The summed E-state index contributed by atoms with van der Waals surface area (Å²) in [4.78, 5) is 24.3. The van der Waals surface area contributed by atoms with Gasteiger partial charge in [0.25, 0.3) is 5.91 Å². The fourth-order valence-corrected chi connectivity index (χ4v) is 2.77. The minimum Gasteiger partial charge on any atom is -0.465 e. The summed E-state index contributed by atoms with van der Waals surface area (Å²) < 4.78 is 48.9. The lowest BCUT2D eigenvalue weighted by molar-refractivity contribution is -0.137. The highest BCUT2D eigenvalue weighted by Crippen LogP contribution is 2.36. The molecule has 1 amide bonds. The van der Waals surface area contributed by atoms with Crippen molar-refractivity contribution in [3.05, 3.63) is 76.5 Å². The van der Waals surface area contributed by atoms with Gasteiger partial charge in [0, 0.05) is 5.56 Å². The Morgan fingerprint density at radius 1 is 1.07 bits per heavy atom. The molecule has 0 radical (unpaired) electrons. The minimum atomic E-state index is -4.55. The summed E-state index contributed by atoms with van der Waals surface area (Å²) >= 11 is 5.99. The van der Waals surface area contributed by atoms with E-state index in [1.54, 1.807) is 12.1 Å². The minimum absolute atomic E-state index is 0.00416. The maximum absolute atomic E-state index is 12.9. The molecule has 150 valence electrons. The average Bonchev–Trinajstić information content (AvgIpc) is 3.17. The number of ether oxygens (including phenoxy) is 1.